The fourth-order valence-electron chi connectivity index (χ4n) is 3.92. The zero-order valence-electron chi connectivity index (χ0n) is 17.5. The molecule has 0 spiro atoms. The van der Waals surface area contributed by atoms with E-state index < -0.39 is 35.6 Å². The highest BCUT2D eigenvalue weighted by molar-refractivity contribution is 6.31. The minimum absolute atomic E-state index is 0.240. The molecule has 176 valence electrons. The number of carbonyl (C=O) groups is 1. The number of carboxylic acid groups (broad SMARTS) is 1. The molecule has 0 aliphatic rings. The van der Waals surface area contributed by atoms with E-state index in [1.54, 1.807) is 29.7 Å². The lowest BCUT2D eigenvalue weighted by molar-refractivity contribution is -0.139. The van der Waals surface area contributed by atoms with Gasteiger partial charge in [-0.25, -0.2) is 9.07 Å². The molecule has 2 heterocycles. The van der Waals surface area contributed by atoms with Crippen LogP contribution in [0, 0.1) is 12.7 Å². The summed E-state index contributed by atoms with van der Waals surface area (Å²) >= 11 is 6.14. The number of fused-ring (bicyclic) bond motifs is 1. The van der Waals surface area contributed by atoms with Crippen LogP contribution >= 0.6 is 11.6 Å². The summed E-state index contributed by atoms with van der Waals surface area (Å²) in [7, 11) is 0. The molecule has 34 heavy (non-hydrogen) atoms. The molecule has 11 heteroatoms. The van der Waals surface area contributed by atoms with Crippen molar-refractivity contribution >= 4 is 28.5 Å². The van der Waals surface area contributed by atoms with Gasteiger partial charge in [-0.1, -0.05) is 17.7 Å². The molecule has 0 saturated carbocycles. The largest absolute Gasteiger partial charge is 0.480 e. The molecular formula is C23H16ClF4N3O3. The molecule has 4 rings (SSSR count). The van der Waals surface area contributed by atoms with Crippen LogP contribution in [0.2, 0.25) is 5.02 Å². The van der Waals surface area contributed by atoms with Gasteiger partial charge in [0.25, 0.3) is 5.56 Å². The third kappa shape index (κ3) is 4.41. The van der Waals surface area contributed by atoms with Crippen LogP contribution in [0.25, 0.3) is 22.2 Å². The van der Waals surface area contributed by atoms with Crippen molar-refractivity contribution in [3.8, 4) is 11.3 Å². The Balaban J connectivity index is 1.88. The van der Waals surface area contributed by atoms with Gasteiger partial charge in [0.2, 0.25) is 0 Å². The van der Waals surface area contributed by atoms with Crippen molar-refractivity contribution in [1.82, 2.24) is 14.3 Å². The fraction of sp³-hybridized carbons (Fsp3) is 0.174. The molecule has 0 amide bonds. The minimum atomic E-state index is -4.82. The highest BCUT2D eigenvalue weighted by atomic mass is 35.5. The van der Waals surface area contributed by atoms with E-state index in [-0.39, 0.29) is 17.8 Å². The average molecular weight is 494 g/mol. The molecule has 0 aliphatic heterocycles. The number of rotatable bonds is 5. The summed E-state index contributed by atoms with van der Waals surface area (Å²) in [6.07, 6.45) is -4.82. The van der Waals surface area contributed by atoms with Gasteiger partial charge in [0, 0.05) is 33.2 Å². The van der Waals surface area contributed by atoms with Crippen molar-refractivity contribution in [2.45, 2.75) is 26.2 Å². The first kappa shape index (κ1) is 23.5. The third-order valence-corrected chi connectivity index (χ3v) is 5.63. The van der Waals surface area contributed by atoms with Crippen molar-refractivity contribution in [3.05, 3.63) is 86.5 Å². The lowest BCUT2D eigenvalue weighted by atomic mass is 10.1. The smallest absolute Gasteiger partial charge is 0.416 e. The van der Waals surface area contributed by atoms with Crippen LogP contribution in [0.3, 0.4) is 0 Å². The van der Waals surface area contributed by atoms with Crippen LogP contribution in [-0.4, -0.2) is 25.4 Å². The van der Waals surface area contributed by atoms with Crippen molar-refractivity contribution in [2.24, 2.45) is 0 Å². The van der Waals surface area contributed by atoms with E-state index in [1.165, 1.54) is 6.07 Å². The van der Waals surface area contributed by atoms with Gasteiger partial charge in [-0.2, -0.15) is 18.3 Å². The van der Waals surface area contributed by atoms with E-state index in [4.69, 9.17) is 11.6 Å². The summed E-state index contributed by atoms with van der Waals surface area (Å²) in [5, 5.41) is 14.5. The number of alkyl halides is 3. The molecule has 1 N–H and O–H groups in total. The summed E-state index contributed by atoms with van der Waals surface area (Å²) in [6, 6.07) is 9.65. The van der Waals surface area contributed by atoms with Gasteiger partial charge >= 0.3 is 12.1 Å². The van der Waals surface area contributed by atoms with Gasteiger partial charge in [-0.3, -0.25) is 9.59 Å². The second-order valence-corrected chi connectivity index (χ2v) is 8.05. The van der Waals surface area contributed by atoms with E-state index >= 15 is 0 Å². The standard InChI is InChI=1S/C23H16ClF4N3O3/c1-12-22(16-8-14(24)3-6-19(16)30(12)11-21(33)34)18-5-7-20(32)31(29-18)10-13-2-4-15(25)9-17(13)23(26,27)28/h2-9H,10-11H2,1H3,(H,33,34). The summed E-state index contributed by atoms with van der Waals surface area (Å²) in [4.78, 5) is 23.8. The molecule has 0 atom stereocenters. The number of benzene rings is 2. The Hall–Kier alpha value is -3.66. The van der Waals surface area contributed by atoms with Crippen molar-refractivity contribution in [1.29, 1.82) is 0 Å². The van der Waals surface area contributed by atoms with E-state index in [9.17, 15) is 32.3 Å². The van der Waals surface area contributed by atoms with Crippen LogP contribution in [0.15, 0.2) is 53.3 Å². The number of hydrogen-bond donors (Lipinski definition) is 1. The van der Waals surface area contributed by atoms with Crippen LogP contribution < -0.4 is 5.56 Å². The van der Waals surface area contributed by atoms with Crippen LogP contribution in [0.4, 0.5) is 17.6 Å². The molecule has 2 aromatic carbocycles. The maximum atomic E-state index is 13.5. The highest BCUT2D eigenvalue weighted by Gasteiger charge is 2.34. The molecule has 4 aromatic rings. The lowest BCUT2D eigenvalue weighted by Crippen LogP contribution is -2.24. The quantitative estimate of drug-likeness (QED) is 0.392. The molecule has 0 bridgehead atoms. The number of halogens is 5. The number of aromatic nitrogens is 3. The molecule has 6 nitrogen and oxygen atoms in total. The Morgan fingerprint density at radius 2 is 1.85 bits per heavy atom. The summed E-state index contributed by atoms with van der Waals surface area (Å²) in [5.41, 5.74) is -0.369. The zero-order valence-corrected chi connectivity index (χ0v) is 18.3. The molecule has 0 aliphatic carbocycles. The van der Waals surface area contributed by atoms with Crippen molar-refractivity contribution in [3.63, 3.8) is 0 Å². The second-order valence-electron chi connectivity index (χ2n) is 7.62. The Bertz CT molecular complexity index is 1490. The number of nitrogens with zero attached hydrogens (tertiary/aromatic N) is 3. The predicted molar refractivity (Wildman–Crippen MR) is 117 cm³/mol. The first-order valence-corrected chi connectivity index (χ1v) is 10.3. The number of carboxylic acids is 1. The third-order valence-electron chi connectivity index (χ3n) is 5.40. The Morgan fingerprint density at radius 3 is 2.53 bits per heavy atom. The first-order chi connectivity index (χ1) is 16.0. The molecule has 0 fully saturated rings. The maximum Gasteiger partial charge on any atom is 0.416 e. The maximum absolute atomic E-state index is 13.5. The minimum Gasteiger partial charge on any atom is -0.480 e. The Morgan fingerprint density at radius 1 is 1.12 bits per heavy atom. The van der Waals surface area contributed by atoms with Crippen molar-refractivity contribution in [2.75, 3.05) is 0 Å². The first-order valence-electron chi connectivity index (χ1n) is 9.90. The average Bonchev–Trinajstić information content (AvgIpc) is 3.00. The Labute approximate surface area is 194 Å². The van der Waals surface area contributed by atoms with Gasteiger partial charge in [0.05, 0.1) is 17.8 Å². The number of hydrogen-bond acceptors (Lipinski definition) is 3. The normalized spacial score (nSPS) is 11.8. The van der Waals surface area contributed by atoms with E-state index in [2.05, 4.69) is 5.10 Å². The summed E-state index contributed by atoms with van der Waals surface area (Å²) < 4.78 is 56.1. The molecular weight excluding hydrogens is 478 g/mol. The monoisotopic (exact) mass is 493 g/mol. The second kappa shape index (κ2) is 8.60. The highest BCUT2D eigenvalue weighted by Crippen LogP contribution is 2.35. The van der Waals surface area contributed by atoms with Gasteiger partial charge in [-0.05, 0) is 48.9 Å². The van der Waals surface area contributed by atoms with Crippen LogP contribution in [-0.2, 0) is 24.1 Å². The topological polar surface area (TPSA) is 77.1 Å². The molecule has 0 radical (unpaired) electrons. The predicted octanol–water partition coefficient (Wildman–Crippen LogP) is 5.12. The van der Waals surface area contributed by atoms with E-state index in [0.717, 1.165) is 22.9 Å². The van der Waals surface area contributed by atoms with Gasteiger partial charge in [0.15, 0.2) is 0 Å². The summed E-state index contributed by atoms with van der Waals surface area (Å²) in [6.45, 7) is 0.786. The molecule has 0 saturated heterocycles. The Kier molecular flexibility index (Phi) is 5.94. The summed E-state index contributed by atoms with van der Waals surface area (Å²) in [5.74, 6) is -2.13. The number of aliphatic carboxylic acids is 1. The van der Waals surface area contributed by atoms with Crippen LogP contribution in [0.5, 0.6) is 0 Å². The van der Waals surface area contributed by atoms with E-state index in [0.29, 0.717) is 33.2 Å². The zero-order chi connectivity index (χ0) is 24.8. The van der Waals surface area contributed by atoms with Crippen LogP contribution in [0.1, 0.15) is 16.8 Å². The SMILES string of the molecule is Cc1c(-c2ccc(=O)n(Cc3ccc(F)cc3C(F)(F)F)n2)c2cc(Cl)ccc2n1CC(=O)O. The molecule has 0 unspecified atom stereocenters. The van der Waals surface area contributed by atoms with E-state index in [1.807, 2.05) is 0 Å². The lowest BCUT2D eigenvalue weighted by Gasteiger charge is -2.14. The van der Waals surface area contributed by atoms with Gasteiger partial charge < -0.3 is 9.67 Å². The fourth-order valence-corrected chi connectivity index (χ4v) is 4.10. The van der Waals surface area contributed by atoms with Gasteiger partial charge in [-0.15, -0.1) is 0 Å². The van der Waals surface area contributed by atoms with Gasteiger partial charge in [0.1, 0.15) is 12.4 Å². The molecule has 2 aromatic heterocycles. The van der Waals surface area contributed by atoms with Crippen molar-refractivity contribution < 1.29 is 27.5 Å².